The van der Waals surface area contributed by atoms with Crippen LogP contribution in [0.2, 0.25) is 0 Å². The molecule has 0 aromatic heterocycles. The second-order valence-electron chi connectivity index (χ2n) is 18.2. The fourth-order valence-electron chi connectivity index (χ4n) is 11.3. The normalized spacial score (nSPS) is 19.9. The zero-order chi connectivity index (χ0) is 37.1. The van der Waals surface area contributed by atoms with Crippen LogP contribution >= 0.6 is 0 Å². The lowest BCUT2D eigenvalue weighted by molar-refractivity contribution is 0.623. The first-order valence-electron chi connectivity index (χ1n) is 19.9. The highest BCUT2D eigenvalue weighted by atomic mass is 15.2. The Balaban J connectivity index is 1.21. The molecule has 0 amide bonds. The SMILES string of the molecule is CC1c2ccccc2N(c2cc3c(c4ccccc24)-c2cc4c(cc2C3(C)C)-c2ccccc2C4(C)C)c2cc3c(cc2C1C)C(C)(C)c1ccccc1-3. The molecule has 0 fully saturated rings. The number of anilines is 3. The largest absolute Gasteiger partial charge is 0.309 e. The Hall–Kier alpha value is -5.40. The van der Waals surface area contributed by atoms with E-state index in [1.54, 1.807) is 0 Å². The van der Waals surface area contributed by atoms with Gasteiger partial charge in [0.25, 0.3) is 0 Å². The quantitative estimate of drug-likeness (QED) is 0.165. The molecule has 4 aliphatic rings. The molecule has 7 aromatic carbocycles. The highest BCUT2D eigenvalue weighted by molar-refractivity contribution is 6.11. The predicted molar refractivity (Wildman–Crippen MR) is 228 cm³/mol. The number of benzene rings is 7. The molecule has 0 spiro atoms. The summed E-state index contributed by atoms with van der Waals surface area (Å²) in [6.45, 7) is 19.4. The van der Waals surface area contributed by atoms with Crippen LogP contribution in [0.25, 0.3) is 44.2 Å². The van der Waals surface area contributed by atoms with E-state index in [-0.39, 0.29) is 16.2 Å². The first-order chi connectivity index (χ1) is 25.9. The maximum atomic E-state index is 2.65. The number of para-hydroxylation sites is 1. The summed E-state index contributed by atoms with van der Waals surface area (Å²) >= 11 is 0. The van der Waals surface area contributed by atoms with E-state index < -0.39 is 0 Å². The topological polar surface area (TPSA) is 3.24 Å². The fourth-order valence-corrected chi connectivity index (χ4v) is 11.3. The average molecular weight is 698 g/mol. The minimum absolute atomic E-state index is 0.0517. The number of fused-ring (bicyclic) bond motifs is 13. The van der Waals surface area contributed by atoms with Crippen molar-refractivity contribution < 1.29 is 0 Å². The standard InChI is InChI=1S/C53H47N/c1-30-31(2)37-25-43-39(34-19-12-15-23-42(34)51(43,3)4)28-48(37)54(47-24-16-13-17-32(30)47)49-29-46-50(36-21-10-9-20-35(36)49)40-27-44-38(26-45(40)53(46,7)8)33-18-11-14-22-41(33)52(44,5)6/h9-31H,1-8H3. The summed E-state index contributed by atoms with van der Waals surface area (Å²) in [5.41, 5.74) is 23.3. The Kier molecular flexibility index (Phi) is 6.19. The van der Waals surface area contributed by atoms with Gasteiger partial charge in [0.2, 0.25) is 0 Å². The van der Waals surface area contributed by atoms with Crippen LogP contribution in [0.4, 0.5) is 17.1 Å². The first-order valence-corrected chi connectivity index (χ1v) is 19.9. The molecule has 0 bridgehead atoms. The molecule has 1 heteroatoms. The zero-order valence-electron chi connectivity index (χ0n) is 32.7. The fraction of sp³-hybridized carbons (Fsp3) is 0.245. The van der Waals surface area contributed by atoms with Gasteiger partial charge in [0, 0.05) is 27.3 Å². The van der Waals surface area contributed by atoms with Crippen molar-refractivity contribution in [3.8, 4) is 33.4 Å². The Morgan fingerprint density at radius 3 is 1.57 bits per heavy atom. The third-order valence-corrected chi connectivity index (χ3v) is 14.5. The summed E-state index contributed by atoms with van der Waals surface area (Å²) in [6.07, 6.45) is 0. The third-order valence-electron chi connectivity index (χ3n) is 14.5. The predicted octanol–water partition coefficient (Wildman–Crippen LogP) is 14.4. The molecular formula is C53H47N. The summed E-state index contributed by atoms with van der Waals surface area (Å²) in [4.78, 5) is 2.65. The Labute approximate surface area is 320 Å². The van der Waals surface area contributed by atoms with Crippen molar-refractivity contribution in [3.05, 3.63) is 172 Å². The van der Waals surface area contributed by atoms with Crippen LogP contribution < -0.4 is 4.90 Å². The molecule has 0 N–H and O–H groups in total. The van der Waals surface area contributed by atoms with Crippen molar-refractivity contribution in [3.63, 3.8) is 0 Å². The van der Waals surface area contributed by atoms with Crippen LogP contribution in [-0.2, 0) is 16.2 Å². The molecule has 264 valence electrons. The second kappa shape index (κ2) is 10.4. The number of nitrogens with zero attached hydrogens (tertiary/aromatic N) is 1. The molecule has 1 aliphatic heterocycles. The van der Waals surface area contributed by atoms with Gasteiger partial charge in [0.05, 0.1) is 11.4 Å². The van der Waals surface area contributed by atoms with E-state index in [9.17, 15) is 0 Å². The smallest absolute Gasteiger partial charge is 0.0543 e. The van der Waals surface area contributed by atoms with E-state index in [2.05, 4.69) is 188 Å². The Morgan fingerprint density at radius 1 is 0.370 bits per heavy atom. The maximum Gasteiger partial charge on any atom is 0.0543 e. The van der Waals surface area contributed by atoms with Gasteiger partial charge in [-0.1, -0.05) is 152 Å². The molecule has 1 heterocycles. The highest BCUT2D eigenvalue weighted by Crippen LogP contribution is 2.61. The van der Waals surface area contributed by atoms with Gasteiger partial charge in [0.15, 0.2) is 0 Å². The lowest BCUT2D eigenvalue weighted by Crippen LogP contribution is -2.18. The van der Waals surface area contributed by atoms with E-state index in [4.69, 9.17) is 0 Å². The van der Waals surface area contributed by atoms with E-state index in [0.29, 0.717) is 11.8 Å². The van der Waals surface area contributed by atoms with Gasteiger partial charge in [-0.15, -0.1) is 0 Å². The van der Waals surface area contributed by atoms with Gasteiger partial charge in [-0.25, -0.2) is 0 Å². The van der Waals surface area contributed by atoms with Gasteiger partial charge >= 0.3 is 0 Å². The monoisotopic (exact) mass is 697 g/mol. The van der Waals surface area contributed by atoms with Crippen molar-refractivity contribution >= 4 is 27.8 Å². The van der Waals surface area contributed by atoms with Crippen LogP contribution in [0.5, 0.6) is 0 Å². The molecule has 2 atom stereocenters. The Morgan fingerprint density at radius 2 is 0.870 bits per heavy atom. The summed E-state index contributed by atoms with van der Waals surface area (Å²) in [7, 11) is 0. The number of hydrogen-bond donors (Lipinski definition) is 0. The van der Waals surface area contributed by atoms with Gasteiger partial charge in [-0.3, -0.25) is 0 Å². The molecule has 11 rings (SSSR count). The summed E-state index contributed by atoms with van der Waals surface area (Å²) < 4.78 is 0. The van der Waals surface area contributed by atoms with Crippen molar-refractivity contribution in [2.75, 3.05) is 4.90 Å². The lowest BCUT2D eigenvalue weighted by atomic mass is 9.79. The van der Waals surface area contributed by atoms with Gasteiger partial charge in [-0.2, -0.15) is 0 Å². The molecule has 7 aromatic rings. The first kappa shape index (κ1) is 32.1. The number of hydrogen-bond acceptors (Lipinski definition) is 1. The minimum atomic E-state index is -0.185. The van der Waals surface area contributed by atoms with Crippen molar-refractivity contribution in [2.24, 2.45) is 0 Å². The summed E-state index contributed by atoms with van der Waals surface area (Å²) in [5, 5.41) is 2.63. The van der Waals surface area contributed by atoms with Crippen molar-refractivity contribution in [1.82, 2.24) is 0 Å². The molecule has 54 heavy (non-hydrogen) atoms. The molecule has 0 saturated heterocycles. The zero-order valence-corrected chi connectivity index (χ0v) is 32.7. The number of rotatable bonds is 1. The van der Waals surface area contributed by atoms with E-state index in [1.165, 1.54) is 106 Å². The van der Waals surface area contributed by atoms with E-state index in [1.807, 2.05) is 0 Å². The van der Waals surface area contributed by atoms with Gasteiger partial charge in [-0.05, 0) is 125 Å². The van der Waals surface area contributed by atoms with Crippen LogP contribution in [0.15, 0.2) is 127 Å². The summed E-state index contributed by atoms with van der Waals surface area (Å²) in [5.74, 6) is 0.691. The molecule has 0 saturated carbocycles. The van der Waals surface area contributed by atoms with Crippen molar-refractivity contribution in [2.45, 2.75) is 83.5 Å². The Bertz CT molecular complexity index is 2790. The lowest BCUT2D eigenvalue weighted by Gasteiger charge is -2.32. The van der Waals surface area contributed by atoms with Crippen LogP contribution in [-0.4, -0.2) is 0 Å². The third kappa shape index (κ3) is 3.85. The van der Waals surface area contributed by atoms with Crippen molar-refractivity contribution in [1.29, 1.82) is 0 Å². The maximum absolute atomic E-state index is 2.65. The van der Waals surface area contributed by atoms with Crippen LogP contribution in [0.3, 0.4) is 0 Å². The summed E-state index contributed by atoms with van der Waals surface area (Å²) in [6, 6.07) is 49.4. The minimum Gasteiger partial charge on any atom is -0.309 e. The molecule has 1 nitrogen and oxygen atoms in total. The van der Waals surface area contributed by atoms with E-state index >= 15 is 0 Å². The second-order valence-corrected chi connectivity index (χ2v) is 18.2. The molecular weight excluding hydrogens is 651 g/mol. The molecule has 3 aliphatic carbocycles. The van der Waals surface area contributed by atoms with Gasteiger partial charge < -0.3 is 4.90 Å². The molecule has 0 radical (unpaired) electrons. The average Bonchev–Trinajstić information content (AvgIpc) is 3.62. The highest BCUT2D eigenvalue weighted by Gasteiger charge is 2.44. The van der Waals surface area contributed by atoms with Crippen LogP contribution in [0.1, 0.15) is 112 Å². The molecule has 2 unspecified atom stereocenters. The van der Waals surface area contributed by atoms with Gasteiger partial charge in [0.1, 0.15) is 0 Å². The van der Waals surface area contributed by atoms with E-state index in [0.717, 1.165) is 0 Å². The van der Waals surface area contributed by atoms with Crippen LogP contribution in [0, 0.1) is 0 Å².